The van der Waals surface area contributed by atoms with E-state index in [-0.39, 0.29) is 15.5 Å². The quantitative estimate of drug-likeness (QED) is 0.747. The van der Waals surface area contributed by atoms with Gasteiger partial charge in [0.1, 0.15) is 6.07 Å². The molecule has 2 rings (SSSR count). The zero-order valence-electron chi connectivity index (χ0n) is 10.3. The van der Waals surface area contributed by atoms with Gasteiger partial charge >= 0.3 is 0 Å². The normalized spacial score (nSPS) is 11.0. The summed E-state index contributed by atoms with van der Waals surface area (Å²) < 4.78 is 28.5. The van der Waals surface area contributed by atoms with Gasteiger partial charge < -0.3 is 0 Å². The first kappa shape index (κ1) is 16.3. The highest BCUT2D eigenvalue weighted by molar-refractivity contribution is 9.11. The summed E-state index contributed by atoms with van der Waals surface area (Å²) >= 11 is 12.4. The van der Waals surface area contributed by atoms with Gasteiger partial charge in [-0.15, -0.1) is 0 Å². The van der Waals surface area contributed by atoms with Gasteiger partial charge in [0.25, 0.3) is 10.0 Å². The molecule has 1 N–H and O–H groups in total. The van der Waals surface area contributed by atoms with E-state index in [0.717, 1.165) is 4.47 Å². The Morgan fingerprint density at radius 2 is 1.86 bits per heavy atom. The average Bonchev–Trinajstić information content (AvgIpc) is 2.42. The number of nitrogens with one attached hydrogen (secondary N) is 1. The van der Waals surface area contributed by atoms with Gasteiger partial charge in [0.15, 0.2) is 0 Å². The number of nitriles is 1. The fourth-order valence-electron chi connectivity index (χ4n) is 1.53. The summed E-state index contributed by atoms with van der Waals surface area (Å²) in [6.07, 6.45) is 0. The van der Waals surface area contributed by atoms with Crippen LogP contribution >= 0.6 is 43.5 Å². The van der Waals surface area contributed by atoms with Crippen LogP contribution < -0.4 is 4.72 Å². The van der Waals surface area contributed by atoms with Crippen molar-refractivity contribution in [2.24, 2.45) is 0 Å². The highest BCUT2D eigenvalue weighted by Gasteiger charge is 2.17. The summed E-state index contributed by atoms with van der Waals surface area (Å²) in [5, 5.41) is 8.89. The van der Waals surface area contributed by atoms with Crippen molar-refractivity contribution in [2.75, 3.05) is 4.72 Å². The Labute approximate surface area is 144 Å². The Bertz CT molecular complexity index is 848. The third kappa shape index (κ3) is 3.77. The molecule has 2 aromatic carbocycles. The van der Waals surface area contributed by atoms with Crippen molar-refractivity contribution in [3.8, 4) is 6.07 Å². The fourth-order valence-corrected chi connectivity index (χ4v) is 4.20. The van der Waals surface area contributed by atoms with Gasteiger partial charge in [0, 0.05) is 8.95 Å². The molecule has 0 amide bonds. The Morgan fingerprint density at radius 1 is 1.14 bits per heavy atom. The SMILES string of the molecule is N#Cc1ccc(S(=O)(=O)Nc2ccc(Br)cc2Br)cc1Cl. The van der Waals surface area contributed by atoms with Crippen molar-refractivity contribution in [2.45, 2.75) is 4.90 Å². The van der Waals surface area contributed by atoms with E-state index in [2.05, 4.69) is 36.6 Å². The maximum absolute atomic E-state index is 12.3. The van der Waals surface area contributed by atoms with Crippen LogP contribution in [0, 0.1) is 11.3 Å². The minimum Gasteiger partial charge on any atom is -0.278 e. The molecular formula is C13H7Br2ClN2O2S. The molecule has 0 spiro atoms. The van der Waals surface area contributed by atoms with Crippen molar-refractivity contribution in [1.82, 2.24) is 0 Å². The number of anilines is 1. The number of nitrogens with zero attached hydrogens (tertiary/aromatic N) is 1. The number of halogens is 3. The summed E-state index contributed by atoms with van der Waals surface area (Å²) in [4.78, 5) is -0.0127. The largest absolute Gasteiger partial charge is 0.278 e. The van der Waals surface area contributed by atoms with Crippen molar-refractivity contribution >= 4 is 59.2 Å². The molecule has 0 bridgehead atoms. The maximum atomic E-state index is 12.3. The topological polar surface area (TPSA) is 70.0 Å². The first-order valence-electron chi connectivity index (χ1n) is 5.51. The molecule has 0 aliphatic carbocycles. The molecule has 0 atom stereocenters. The molecule has 21 heavy (non-hydrogen) atoms. The third-order valence-corrected chi connectivity index (χ3v) is 5.37. The zero-order valence-corrected chi connectivity index (χ0v) is 15.0. The lowest BCUT2D eigenvalue weighted by atomic mass is 10.2. The highest BCUT2D eigenvalue weighted by Crippen LogP contribution is 2.29. The van der Waals surface area contributed by atoms with Crippen LogP contribution in [-0.2, 0) is 10.0 Å². The molecule has 0 aliphatic rings. The summed E-state index contributed by atoms with van der Waals surface area (Å²) in [6.45, 7) is 0. The molecule has 0 aliphatic heterocycles. The van der Waals surface area contributed by atoms with Crippen LogP contribution in [0.25, 0.3) is 0 Å². The molecule has 0 unspecified atom stereocenters. The van der Waals surface area contributed by atoms with E-state index < -0.39 is 10.0 Å². The van der Waals surface area contributed by atoms with Gasteiger partial charge in [0.2, 0.25) is 0 Å². The minimum absolute atomic E-state index is 0.0127. The van der Waals surface area contributed by atoms with Crippen LogP contribution in [0.5, 0.6) is 0 Å². The van der Waals surface area contributed by atoms with Crippen molar-refractivity contribution in [1.29, 1.82) is 5.26 Å². The number of sulfonamides is 1. The standard InChI is InChI=1S/C13H7Br2ClN2O2S/c14-9-2-4-13(11(15)5-9)18-21(19,20)10-3-1-8(7-17)12(16)6-10/h1-6,18H. The molecule has 4 nitrogen and oxygen atoms in total. The summed E-state index contributed by atoms with van der Waals surface area (Å²) in [6, 6.07) is 10.9. The Morgan fingerprint density at radius 3 is 2.43 bits per heavy atom. The monoisotopic (exact) mass is 448 g/mol. The van der Waals surface area contributed by atoms with Crippen molar-refractivity contribution in [3.05, 3.63) is 55.9 Å². The number of hydrogen-bond acceptors (Lipinski definition) is 3. The zero-order chi connectivity index (χ0) is 15.6. The van der Waals surface area contributed by atoms with Crippen LogP contribution in [0.2, 0.25) is 5.02 Å². The van der Waals surface area contributed by atoms with Crippen molar-refractivity contribution in [3.63, 3.8) is 0 Å². The second-order valence-corrected chi connectivity index (χ2v) is 7.84. The van der Waals surface area contributed by atoms with Crippen LogP contribution in [0.3, 0.4) is 0 Å². The number of hydrogen-bond donors (Lipinski definition) is 1. The van der Waals surface area contributed by atoms with E-state index in [1.165, 1.54) is 18.2 Å². The minimum atomic E-state index is -3.79. The van der Waals surface area contributed by atoms with Crippen molar-refractivity contribution < 1.29 is 8.42 Å². The highest BCUT2D eigenvalue weighted by atomic mass is 79.9. The van der Waals surface area contributed by atoms with Gasteiger partial charge in [-0.2, -0.15) is 5.26 Å². The summed E-state index contributed by atoms with van der Waals surface area (Å²) in [7, 11) is -3.79. The predicted octanol–water partition coefficient (Wildman–Crippen LogP) is 4.54. The second-order valence-electron chi connectivity index (χ2n) is 3.98. The van der Waals surface area contributed by atoms with Gasteiger partial charge in [-0.1, -0.05) is 27.5 Å². The molecule has 0 aromatic heterocycles. The van der Waals surface area contributed by atoms with Gasteiger partial charge in [-0.3, -0.25) is 4.72 Å². The maximum Gasteiger partial charge on any atom is 0.261 e. The van der Waals surface area contributed by atoms with E-state index in [1.807, 2.05) is 6.07 Å². The molecule has 0 heterocycles. The molecule has 0 saturated carbocycles. The summed E-state index contributed by atoms with van der Waals surface area (Å²) in [5.74, 6) is 0. The fraction of sp³-hybridized carbons (Fsp3) is 0. The van der Waals surface area contributed by atoms with E-state index in [4.69, 9.17) is 16.9 Å². The van der Waals surface area contributed by atoms with Gasteiger partial charge in [-0.25, -0.2) is 8.42 Å². The van der Waals surface area contributed by atoms with E-state index in [1.54, 1.807) is 18.2 Å². The third-order valence-electron chi connectivity index (χ3n) is 2.55. The average molecular weight is 451 g/mol. The molecule has 8 heteroatoms. The Hall–Kier alpha value is -1.07. The molecular weight excluding hydrogens is 443 g/mol. The molecule has 0 radical (unpaired) electrons. The first-order chi connectivity index (χ1) is 9.83. The van der Waals surface area contributed by atoms with E-state index in [0.29, 0.717) is 10.2 Å². The smallest absolute Gasteiger partial charge is 0.261 e. The molecule has 2 aromatic rings. The molecule has 0 fully saturated rings. The van der Waals surface area contributed by atoms with Crippen LogP contribution in [-0.4, -0.2) is 8.42 Å². The predicted molar refractivity (Wildman–Crippen MR) is 88.8 cm³/mol. The second kappa shape index (κ2) is 6.36. The lowest BCUT2D eigenvalue weighted by Crippen LogP contribution is -2.13. The molecule has 108 valence electrons. The number of benzene rings is 2. The Balaban J connectivity index is 2.39. The van der Waals surface area contributed by atoms with E-state index >= 15 is 0 Å². The van der Waals surface area contributed by atoms with Gasteiger partial charge in [-0.05, 0) is 52.3 Å². The summed E-state index contributed by atoms with van der Waals surface area (Å²) in [5.41, 5.74) is 0.624. The van der Waals surface area contributed by atoms with E-state index in [9.17, 15) is 8.42 Å². The molecule has 0 saturated heterocycles. The first-order valence-corrected chi connectivity index (χ1v) is 8.96. The lowest BCUT2D eigenvalue weighted by Gasteiger charge is -2.10. The Kier molecular flexibility index (Phi) is 4.94. The van der Waals surface area contributed by atoms with Crippen LogP contribution in [0.15, 0.2) is 50.2 Å². The number of rotatable bonds is 3. The van der Waals surface area contributed by atoms with Crippen LogP contribution in [0.1, 0.15) is 5.56 Å². The lowest BCUT2D eigenvalue weighted by molar-refractivity contribution is 0.601. The van der Waals surface area contributed by atoms with Crippen LogP contribution in [0.4, 0.5) is 5.69 Å². The van der Waals surface area contributed by atoms with Gasteiger partial charge in [0.05, 0.1) is 21.2 Å².